The van der Waals surface area contributed by atoms with Gasteiger partial charge >= 0.3 is 0 Å². The summed E-state index contributed by atoms with van der Waals surface area (Å²) in [6.45, 7) is 3.86. The summed E-state index contributed by atoms with van der Waals surface area (Å²) in [5, 5.41) is 0. The molecule has 0 aromatic heterocycles. The molecule has 0 heterocycles. The van der Waals surface area contributed by atoms with Gasteiger partial charge in [-0.3, -0.25) is 4.79 Å². The minimum absolute atomic E-state index is 0.0862. The van der Waals surface area contributed by atoms with Crippen molar-refractivity contribution in [3.63, 3.8) is 0 Å². The van der Waals surface area contributed by atoms with Crippen LogP contribution in [-0.2, 0) is 0 Å². The zero-order valence-corrected chi connectivity index (χ0v) is 8.59. The van der Waals surface area contributed by atoms with Crippen LogP contribution in [0.25, 0.3) is 0 Å². The molecular formula is C12H15FO. The van der Waals surface area contributed by atoms with Crippen LogP contribution in [0.2, 0.25) is 0 Å². The molecule has 1 aromatic carbocycles. The molecule has 0 aliphatic carbocycles. The Labute approximate surface area is 83.9 Å². The van der Waals surface area contributed by atoms with E-state index in [1.54, 1.807) is 18.2 Å². The second kappa shape index (κ2) is 4.89. The first-order chi connectivity index (χ1) is 6.66. The van der Waals surface area contributed by atoms with E-state index >= 15 is 0 Å². The molecule has 1 rings (SSSR count). The first-order valence-electron chi connectivity index (χ1n) is 4.95. The lowest BCUT2D eigenvalue weighted by Gasteiger charge is -2.09. The van der Waals surface area contributed by atoms with Crippen LogP contribution in [0.3, 0.4) is 0 Å². The van der Waals surface area contributed by atoms with Crippen LogP contribution < -0.4 is 0 Å². The normalized spacial score (nSPS) is 12.5. The van der Waals surface area contributed by atoms with Crippen LogP contribution in [-0.4, -0.2) is 5.78 Å². The van der Waals surface area contributed by atoms with Gasteiger partial charge in [-0.2, -0.15) is 0 Å². The van der Waals surface area contributed by atoms with Crippen LogP contribution in [0.5, 0.6) is 0 Å². The number of ketones is 1. The van der Waals surface area contributed by atoms with E-state index < -0.39 is 5.82 Å². The van der Waals surface area contributed by atoms with Gasteiger partial charge in [0, 0.05) is 5.92 Å². The van der Waals surface area contributed by atoms with Gasteiger partial charge in [-0.15, -0.1) is 0 Å². The Bertz CT molecular complexity index is 320. The third-order valence-corrected chi connectivity index (χ3v) is 2.31. The van der Waals surface area contributed by atoms with Crippen LogP contribution in [0.15, 0.2) is 24.3 Å². The average molecular weight is 194 g/mol. The topological polar surface area (TPSA) is 17.1 Å². The lowest BCUT2D eigenvalue weighted by atomic mass is 9.95. The fraction of sp³-hybridized carbons (Fsp3) is 0.417. The molecule has 0 N–H and O–H groups in total. The fourth-order valence-electron chi connectivity index (χ4n) is 1.49. The standard InChI is InChI=1S/C12H15FO/c1-3-6-9(2)12(14)10-7-4-5-8-11(10)13/h4-5,7-9H,3,6H2,1-2H3. The molecule has 0 aliphatic heterocycles. The smallest absolute Gasteiger partial charge is 0.168 e. The molecule has 1 atom stereocenters. The number of hydrogen-bond acceptors (Lipinski definition) is 1. The molecule has 0 spiro atoms. The zero-order valence-electron chi connectivity index (χ0n) is 8.59. The van der Waals surface area contributed by atoms with Crippen molar-refractivity contribution in [2.45, 2.75) is 26.7 Å². The summed E-state index contributed by atoms with van der Waals surface area (Å²) in [6.07, 6.45) is 1.76. The number of benzene rings is 1. The largest absolute Gasteiger partial charge is 0.294 e. The highest BCUT2D eigenvalue weighted by Gasteiger charge is 2.16. The lowest BCUT2D eigenvalue weighted by Crippen LogP contribution is -2.12. The predicted molar refractivity (Wildman–Crippen MR) is 54.8 cm³/mol. The van der Waals surface area contributed by atoms with Crippen molar-refractivity contribution in [1.29, 1.82) is 0 Å². The summed E-state index contributed by atoms with van der Waals surface area (Å²) in [5.41, 5.74) is 0.216. The molecule has 0 bridgehead atoms. The SMILES string of the molecule is CCCC(C)C(=O)c1ccccc1F. The summed E-state index contributed by atoms with van der Waals surface area (Å²) in [5.74, 6) is -0.595. The molecule has 2 heteroatoms. The van der Waals surface area contributed by atoms with Crippen molar-refractivity contribution in [1.82, 2.24) is 0 Å². The maximum absolute atomic E-state index is 13.2. The van der Waals surface area contributed by atoms with Gasteiger partial charge in [0.05, 0.1) is 5.56 Å². The molecule has 0 saturated carbocycles. The molecular weight excluding hydrogens is 179 g/mol. The highest BCUT2D eigenvalue weighted by Crippen LogP contribution is 2.16. The number of Topliss-reactive ketones (excluding diaryl/α,β-unsaturated/α-hetero) is 1. The molecule has 0 fully saturated rings. The van der Waals surface area contributed by atoms with E-state index in [9.17, 15) is 9.18 Å². The van der Waals surface area contributed by atoms with E-state index in [1.165, 1.54) is 6.07 Å². The Hall–Kier alpha value is -1.18. The fourth-order valence-corrected chi connectivity index (χ4v) is 1.49. The van der Waals surface area contributed by atoms with Crippen LogP contribution >= 0.6 is 0 Å². The molecule has 0 radical (unpaired) electrons. The summed E-state index contributed by atoms with van der Waals surface area (Å²) in [4.78, 5) is 11.7. The molecule has 0 aliphatic rings. The third-order valence-electron chi connectivity index (χ3n) is 2.31. The summed E-state index contributed by atoms with van der Waals surface area (Å²) >= 11 is 0. The van der Waals surface area contributed by atoms with Gasteiger partial charge in [-0.25, -0.2) is 4.39 Å². The number of carbonyl (C=O) groups is 1. The molecule has 0 amide bonds. The predicted octanol–water partition coefficient (Wildman–Crippen LogP) is 3.44. The Balaban J connectivity index is 2.84. The minimum Gasteiger partial charge on any atom is -0.294 e. The number of rotatable bonds is 4. The van der Waals surface area contributed by atoms with Crippen LogP contribution in [0.1, 0.15) is 37.0 Å². The second-order valence-electron chi connectivity index (χ2n) is 3.53. The van der Waals surface area contributed by atoms with E-state index in [-0.39, 0.29) is 17.3 Å². The minimum atomic E-state index is -0.416. The molecule has 76 valence electrons. The number of hydrogen-bond donors (Lipinski definition) is 0. The Kier molecular flexibility index (Phi) is 3.81. The molecule has 0 saturated heterocycles. The van der Waals surface area contributed by atoms with E-state index in [0.717, 1.165) is 12.8 Å². The Morgan fingerprint density at radius 1 is 1.43 bits per heavy atom. The number of halogens is 1. The lowest BCUT2D eigenvalue weighted by molar-refractivity contribution is 0.0919. The van der Waals surface area contributed by atoms with Gasteiger partial charge in [0.2, 0.25) is 0 Å². The van der Waals surface area contributed by atoms with Gasteiger partial charge in [-0.1, -0.05) is 32.4 Å². The quantitative estimate of drug-likeness (QED) is 0.671. The summed E-state index contributed by atoms with van der Waals surface area (Å²) < 4.78 is 13.2. The van der Waals surface area contributed by atoms with Gasteiger partial charge in [0.1, 0.15) is 5.82 Å². The third kappa shape index (κ3) is 2.41. The van der Waals surface area contributed by atoms with Gasteiger partial charge in [0.25, 0.3) is 0 Å². The molecule has 14 heavy (non-hydrogen) atoms. The van der Waals surface area contributed by atoms with Crippen molar-refractivity contribution in [2.75, 3.05) is 0 Å². The van der Waals surface area contributed by atoms with Crippen molar-refractivity contribution in [2.24, 2.45) is 5.92 Å². The first kappa shape index (κ1) is 10.9. The van der Waals surface area contributed by atoms with E-state index in [2.05, 4.69) is 0 Å². The second-order valence-corrected chi connectivity index (χ2v) is 3.53. The maximum Gasteiger partial charge on any atom is 0.168 e. The monoisotopic (exact) mass is 194 g/mol. The summed E-state index contributed by atoms with van der Waals surface area (Å²) in [7, 11) is 0. The maximum atomic E-state index is 13.2. The van der Waals surface area contributed by atoms with Gasteiger partial charge in [0.15, 0.2) is 5.78 Å². The van der Waals surface area contributed by atoms with Crippen molar-refractivity contribution in [3.8, 4) is 0 Å². The van der Waals surface area contributed by atoms with Crippen LogP contribution in [0.4, 0.5) is 4.39 Å². The molecule has 1 unspecified atom stereocenters. The van der Waals surface area contributed by atoms with Gasteiger partial charge in [-0.05, 0) is 18.6 Å². The first-order valence-corrected chi connectivity index (χ1v) is 4.95. The van der Waals surface area contributed by atoms with Crippen molar-refractivity contribution < 1.29 is 9.18 Å². The highest BCUT2D eigenvalue weighted by molar-refractivity contribution is 5.97. The highest BCUT2D eigenvalue weighted by atomic mass is 19.1. The van der Waals surface area contributed by atoms with E-state index in [0.29, 0.717) is 0 Å². The van der Waals surface area contributed by atoms with Crippen LogP contribution in [0, 0.1) is 11.7 Å². The van der Waals surface area contributed by atoms with E-state index in [1.807, 2.05) is 13.8 Å². The van der Waals surface area contributed by atoms with Gasteiger partial charge < -0.3 is 0 Å². The van der Waals surface area contributed by atoms with Crippen molar-refractivity contribution in [3.05, 3.63) is 35.6 Å². The average Bonchev–Trinajstić information content (AvgIpc) is 2.18. The summed E-state index contributed by atoms with van der Waals surface area (Å²) in [6, 6.07) is 6.15. The Morgan fingerprint density at radius 2 is 2.07 bits per heavy atom. The zero-order chi connectivity index (χ0) is 10.6. The molecule has 1 nitrogen and oxygen atoms in total. The van der Waals surface area contributed by atoms with Crippen molar-refractivity contribution >= 4 is 5.78 Å². The Morgan fingerprint density at radius 3 is 2.64 bits per heavy atom. The molecule has 1 aromatic rings. The van der Waals surface area contributed by atoms with E-state index in [4.69, 9.17) is 0 Å². The number of carbonyl (C=O) groups excluding carboxylic acids is 1.